The Labute approximate surface area is 122 Å². The van der Waals surface area contributed by atoms with Gasteiger partial charge < -0.3 is 0 Å². The van der Waals surface area contributed by atoms with Crippen LogP contribution >= 0.6 is 0 Å². The van der Waals surface area contributed by atoms with Gasteiger partial charge in [0.05, 0.1) is 11.5 Å². The Hall–Kier alpha value is -2.25. The van der Waals surface area contributed by atoms with E-state index in [-0.39, 0.29) is 22.8 Å². The highest BCUT2D eigenvalue weighted by Crippen LogP contribution is 2.26. The second-order valence-electron chi connectivity index (χ2n) is 4.36. The lowest BCUT2D eigenvalue weighted by atomic mass is 10.2. The summed E-state index contributed by atoms with van der Waals surface area (Å²) in [5.41, 5.74) is 0.513. The van der Waals surface area contributed by atoms with Gasteiger partial charge in [-0.2, -0.15) is 8.42 Å². The van der Waals surface area contributed by atoms with E-state index in [1.165, 1.54) is 25.1 Å². The fourth-order valence-electron chi connectivity index (χ4n) is 1.85. The largest absolute Gasteiger partial charge is 0.297 e. The fraction of sp³-hybridized carbons (Fsp3) is 0.143. The highest BCUT2D eigenvalue weighted by molar-refractivity contribution is 7.86. The van der Waals surface area contributed by atoms with Crippen molar-refractivity contribution < 1.29 is 17.5 Å². The number of benzene rings is 2. The summed E-state index contributed by atoms with van der Waals surface area (Å²) < 4.78 is 29.3. The third kappa shape index (κ3) is 3.45. The molecule has 0 N–H and O–H groups in total. The molecule has 110 valence electrons. The van der Waals surface area contributed by atoms with Crippen LogP contribution in [0.5, 0.6) is 0 Å². The number of nitro groups is 1. The van der Waals surface area contributed by atoms with Crippen molar-refractivity contribution in [2.45, 2.75) is 18.4 Å². The Morgan fingerprint density at radius 3 is 2.38 bits per heavy atom. The Balaban J connectivity index is 2.28. The van der Waals surface area contributed by atoms with E-state index in [0.29, 0.717) is 5.56 Å². The van der Waals surface area contributed by atoms with Crippen LogP contribution in [0.4, 0.5) is 5.69 Å². The van der Waals surface area contributed by atoms with Crippen molar-refractivity contribution in [1.82, 2.24) is 0 Å². The van der Waals surface area contributed by atoms with Gasteiger partial charge in [0.1, 0.15) is 4.90 Å². The third-order valence-electron chi connectivity index (χ3n) is 2.95. The van der Waals surface area contributed by atoms with Gasteiger partial charge in [-0.05, 0) is 18.6 Å². The summed E-state index contributed by atoms with van der Waals surface area (Å²) in [5.74, 6) is 0. The first-order chi connectivity index (χ1) is 9.92. The van der Waals surface area contributed by atoms with E-state index in [2.05, 4.69) is 0 Å². The second-order valence-corrected chi connectivity index (χ2v) is 5.94. The molecule has 6 nitrogen and oxygen atoms in total. The van der Waals surface area contributed by atoms with Crippen LogP contribution in [0.3, 0.4) is 0 Å². The molecule has 0 atom stereocenters. The number of hydrogen-bond donors (Lipinski definition) is 0. The van der Waals surface area contributed by atoms with Crippen molar-refractivity contribution in [2.24, 2.45) is 0 Å². The number of rotatable bonds is 5. The Morgan fingerprint density at radius 1 is 1.10 bits per heavy atom. The van der Waals surface area contributed by atoms with E-state index in [4.69, 9.17) is 4.18 Å². The first-order valence-electron chi connectivity index (χ1n) is 6.09. The maximum absolute atomic E-state index is 12.2. The summed E-state index contributed by atoms with van der Waals surface area (Å²) in [6.07, 6.45) is 0. The number of hydrogen-bond acceptors (Lipinski definition) is 5. The molecule has 0 spiro atoms. The molecule has 2 aromatic carbocycles. The molecule has 0 aromatic heterocycles. The minimum absolute atomic E-state index is 0.0653. The highest BCUT2D eigenvalue weighted by Gasteiger charge is 2.23. The number of nitro benzene ring substituents is 1. The van der Waals surface area contributed by atoms with Crippen LogP contribution in [0.2, 0.25) is 0 Å². The normalized spacial score (nSPS) is 11.3. The second kappa shape index (κ2) is 6.02. The Morgan fingerprint density at radius 2 is 1.76 bits per heavy atom. The smallest absolute Gasteiger partial charge is 0.262 e. The summed E-state index contributed by atoms with van der Waals surface area (Å²) in [6, 6.07) is 12.7. The van der Waals surface area contributed by atoms with Crippen molar-refractivity contribution in [3.63, 3.8) is 0 Å². The highest BCUT2D eigenvalue weighted by atomic mass is 32.2. The molecule has 0 radical (unpaired) electrons. The molecular weight excluding hydrogens is 294 g/mol. The Kier molecular flexibility index (Phi) is 4.35. The zero-order chi connectivity index (χ0) is 15.5. The van der Waals surface area contributed by atoms with E-state index in [1.807, 2.05) is 6.07 Å². The van der Waals surface area contributed by atoms with Crippen LogP contribution in [0.1, 0.15) is 11.1 Å². The zero-order valence-corrected chi connectivity index (χ0v) is 12.0. The summed E-state index contributed by atoms with van der Waals surface area (Å²) in [5, 5.41) is 10.9. The average molecular weight is 307 g/mol. The average Bonchev–Trinajstić information content (AvgIpc) is 2.46. The molecule has 0 unspecified atom stereocenters. The molecule has 2 aromatic rings. The van der Waals surface area contributed by atoms with Gasteiger partial charge in [0.2, 0.25) is 0 Å². The SMILES string of the molecule is Cc1c([N+](=O)[O-])cccc1S(=O)(=O)OCc1ccccc1. The van der Waals surface area contributed by atoms with Gasteiger partial charge in [0, 0.05) is 11.6 Å². The van der Waals surface area contributed by atoms with Crippen LogP contribution in [0.25, 0.3) is 0 Å². The van der Waals surface area contributed by atoms with Crippen molar-refractivity contribution in [3.05, 3.63) is 69.8 Å². The van der Waals surface area contributed by atoms with E-state index in [0.717, 1.165) is 0 Å². The first kappa shape index (κ1) is 15.1. The molecule has 0 bridgehead atoms. The van der Waals surface area contributed by atoms with Gasteiger partial charge in [-0.15, -0.1) is 0 Å². The van der Waals surface area contributed by atoms with Crippen molar-refractivity contribution >= 4 is 15.8 Å². The standard InChI is InChI=1S/C14H13NO5S/c1-11-13(15(16)17)8-5-9-14(11)21(18,19)20-10-12-6-3-2-4-7-12/h2-9H,10H2,1H3. The maximum Gasteiger partial charge on any atom is 0.297 e. The van der Waals surface area contributed by atoms with Crippen LogP contribution in [0.15, 0.2) is 53.4 Å². The summed E-state index contributed by atoms with van der Waals surface area (Å²) in [6.45, 7) is 1.27. The van der Waals surface area contributed by atoms with Gasteiger partial charge in [-0.25, -0.2) is 0 Å². The van der Waals surface area contributed by atoms with Crippen molar-refractivity contribution in [3.8, 4) is 0 Å². The van der Waals surface area contributed by atoms with E-state index in [1.54, 1.807) is 24.3 Å². The minimum atomic E-state index is -4.05. The van der Waals surface area contributed by atoms with E-state index >= 15 is 0 Å². The van der Waals surface area contributed by atoms with Gasteiger partial charge in [-0.3, -0.25) is 14.3 Å². The molecule has 0 fully saturated rings. The van der Waals surface area contributed by atoms with E-state index < -0.39 is 15.0 Å². The molecular formula is C14H13NO5S. The molecule has 0 saturated carbocycles. The van der Waals surface area contributed by atoms with Gasteiger partial charge in [0.25, 0.3) is 15.8 Å². The fourth-order valence-corrected chi connectivity index (χ4v) is 3.00. The maximum atomic E-state index is 12.2. The summed E-state index contributed by atoms with van der Waals surface area (Å²) >= 11 is 0. The predicted molar refractivity (Wildman–Crippen MR) is 76.3 cm³/mol. The predicted octanol–water partition coefficient (Wildman–Crippen LogP) is 2.81. The zero-order valence-electron chi connectivity index (χ0n) is 11.2. The third-order valence-corrected chi connectivity index (χ3v) is 4.35. The van der Waals surface area contributed by atoms with Crippen LogP contribution in [0, 0.1) is 17.0 Å². The molecule has 0 amide bonds. The molecule has 0 aliphatic carbocycles. The lowest BCUT2D eigenvalue weighted by Crippen LogP contribution is -2.09. The molecule has 0 aliphatic rings. The number of nitrogens with zero attached hydrogens (tertiary/aromatic N) is 1. The lowest BCUT2D eigenvalue weighted by Gasteiger charge is -2.08. The molecule has 0 aliphatic heterocycles. The first-order valence-corrected chi connectivity index (χ1v) is 7.50. The van der Waals surface area contributed by atoms with Crippen LogP contribution in [-0.4, -0.2) is 13.3 Å². The van der Waals surface area contributed by atoms with Gasteiger partial charge in [-0.1, -0.05) is 36.4 Å². The van der Waals surface area contributed by atoms with Crippen molar-refractivity contribution in [1.29, 1.82) is 0 Å². The van der Waals surface area contributed by atoms with Crippen LogP contribution < -0.4 is 0 Å². The minimum Gasteiger partial charge on any atom is -0.262 e. The molecule has 2 rings (SSSR count). The van der Waals surface area contributed by atoms with E-state index in [9.17, 15) is 18.5 Å². The summed E-state index contributed by atoms with van der Waals surface area (Å²) in [4.78, 5) is 10.0. The topological polar surface area (TPSA) is 86.5 Å². The van der Waals surface area contributed by atoms with Crippen LogP contribution in [-0.2, 0) is 20.9 Å². The Bertz CT molecular complexity index is 756. The quantitative estimate of drug-likeness (QED) is 0.481. The summed E-state index contributed by atoms with van der Waals surface area (Å²) in [7, 11) is -4.05. The molecule has 0 heterocycles. The molecule has 0 saturated heterocycles. The molecule has 21 heavy (non-hydrogen) atoms. The molecule has 7 heteroatoms. The van der Waals surface area contributed by atoms with Crippen molar-refractivity contribution in [2.75, 3.05) is 0 Å². The van der Waals surface area contributed by atoms with Gasteiger partial charge in [0.15, 0.2) is 0 Å². The van der Waals surface area contributed by atoms with Gasteiger partial charge >= 0.3 is 0 Å². The lowest BCUT2D eigenvalue weighted by molar-refractivity contribution is -0.385. The monoisotopic (exact) mass is 307 g/mol.